The van der Waals surface area contributed by atoms with Crippen molar-refractivity contribution in [2.75, 3.05) is 0 Å². The first-order valence-electron chi connectivity index (χ1n) is 5.91. The summed E-state index contributed by atoms with van der Waals surface area (Å²) in [6.07, 6.45) is 0. The third-order valence-corrected chi connectivity index (χ3v) is 4.47. The van der Waals surface area contributed by atoms with E-state index in [1.165, 1.54) is 0 Å². The molecular weight excluding hydrogens is 280 g/mol. The lowest BCUT2D eigenvalue weighted by molar-refractivity contribution is 0.609. The molecule has 0 aliphatic rings. The predicted molar refractivity (Wildman–Crippen MR) is 79.1 cm³/mol. The standard InChI is InChI=1S/C15H15ClO2S/c1-10-6-11(2)8-14(7-10)13-5-4-12(3)15(9-13)19(16,17)18/h4-9H,1-3H3. The molecule has 2 nitrogen and oxygen atoms in total. The Balaban J connectivity index is 2.64. The molecule has 4 heteroatoms. The van der Waals surface area contributed by atoms with Crippen LogP contribution in [0.5, 0.6) is 0 Å². The normalized spacial score (nSPS) is 11.6. The van der Waals surface area contributed by atoms with Gasteiger partial charge in [-0.1, -0.05) is 41.5 Å². The minimum atomic E-state index is -3.71. The zero-order valence-electron chi connectivity index (χ0n) is 11.1. The molecule has 2 aromatic rings. The van der Waals surface area contributed by atoms with Gasteiger partial charge in [-0.25, -0.2) is 8.42 Å². The lowest BCUT2D eigenvalue weighted by atomic mass is 10.00. The topological polar surface area (TPSA) is 34.1 Å². The summed E-state index contributed by atoms with van der Waals surface area (Å²) in [6, 6.07) is 11.5. The molecule has 0 N–H and O–H groups in total. The van der Waals surface area contributed by atoms with Crippen LogP contribution in [0, 0.1) is 20.8 Å². The van der Waals surface area contributed by atoms with Gasteiger partial charge in [-0.3, -0.25) is 0 Å². The van der Waals surface area contributed by atoms with Crippen molar-refractivity contribution in [3.05, 3.63) is 53.1 Å². The van der Waals surface area contributed by atoms with Gasteiger partial charge >= 0.3 is 0 Å². The molecule has 0 atom stereocenters. The molecule has 0 aliphatic carbocycles. The summed E-state index contributed by atoms with van der Waals surface area (Å²) in [5, 5.41) is 0. The highest BCUT2D eigenvalue weighted by molar-refractivity contribution is 8.13. The van der Waals surface area contributed by atoms with E-state index in [0.717, 1.165) is 22.3 Å². The van der Waals surface area contributed by atoms with Crippen LogP contribution in [0.2, 0.25) is 0 Å². The van der Waals surface area contributed by atoms with Gasteiger partial charge in [-0.2, -0.15) is 0 Å². The van der Waals surface area contributed by atoms with Crippen molar-refractivity contribution in [3.8, 4) is 11.1 Å². The van der Waals surface area contributed by atoms with Gasteiger partial charge in [0.25, 0.3) is 9.05 Å². The quantitative estimate of drug-likeness (QED) is 0.778. The third-order valence-electron chi connectivity index (χ3n) is 3.01. The van der Waals surface area contributed by atoms with E-state index in [0.29, 0.717) is 5.56 Å². The molecule has 0 saturated carbocycles. The van der Waals surface area contributed by atoms with Gasteiger partial charge in [-0.05, 0) is 43.5 Å². The fourth-order valence-corrected chi connectivity index (χ4v) is 3.40. The molecular formula is C15H15ClO2S. The van der Waals surface area contributed by atoms with Gasteiger partial charge in [0.15, 0.2) is 0 Å². The Bertz CT molecular complexity index is 714. The van der Waals surface area contributed by atoms with Crippen LogP contribution < -0.4 is 0 Å². The van der Waals surface area contributed by atoms with E-state index < -0.39 is 9.05 Å². The predicted octanol–water partition coefficient (Wildman–Crippen LogP) is 4.21. The minimum absolute atomic E-state index is 0.172. The van der Waals surface area contributed by atoms with Crippen molar-refractivity contribution in [2.24, 2.45) is 0 Å². The van der Waals surface area contributed by atoms with Gasteiger partial charge in [0.05, 0.1) is 4.90 Å². The average molecular weight is 295 g/mol. The number of hydrogen-bond acceptors (Lipinski definition) is 2. The van der Waals surface area contributed by atoms with Crippen molar-refractivity contribution in [2.45, 2.75) is 25.7 Å². The number of halogens is 1. The number of benzene rings is 2. The van der Waals surface area contributed by atoms with Gasteiger partial charge < -0.3 is 0 Å². The SMILES string of the molecule is Cc1cc(C)cc(-c2ccc(C)c(S(=O)(=O)Cl)c2)c1. The summed E-state index contributed by atoms with van der Waals surface area (Å²) in [5.41, 5.74) is 4.80. The minimum Gasteiger partial charge on any atom is -0.207 e. The molecule has 0 amide bonds. The second-order valence-electron chi connectivity index (χ2n) is 4.79. The summed E-state index contributed by atoms with van der Waals surface area (Å²) in [4.78, 5) is 0.172. The molecule has 2 aromatic carbocycles. The third kappa shape index (κ3) is 3.17. The van der Waals surface area contributed by atoms with Crippen LogP contribution in [0.15, 0.2) is 41.3 Å². The summed E-state index contributed by atoms with van der Waals surface area (Å²) in [7, 11) is 1.75. The lowest BCUT2D eigenvalue weighted by Gasteiger charge is -2.08. The summed E-state index contributed by atoms with van der Waals surface area (Å²) >= 11 is 0. The Morgan fingerprint density at radius 1 is 0.842 bits per heavy atom. The van der Waals surface area contributed by atoms with Gasteiger partial charge in [0, 0.05) is 10.7 Å². The maximum absolute atomic E-state index is 11.5. The maximum Gasteiger partial charge on any atom is 0.261 e. The fourth-order valence-electron chi connectivity index (χ4n) is 2.18. The van der Waals surface area contributed by atoms with Crippen LogP contribution in [0.4, 0.5) is 0 Å². The van der Waals surface area contributed by atoms with Crippen LogP contribution in [0.25, 0.3) is 11.1 Å². The highest BCUT2D eigenvalue weighted by atomic mass is 35.7. The maximum atomic E-state index is 11.5. The zero-order chi connectivity index (χ0) is 14.2. The van der Waals surface area contributed by atoms with E-state index in [4.69, 9.17) is 10.7 Å². The molecule has 0 spiro atoms. The molecule has 0 bridgehead atoms. The molecule has 0 saturated heterocycles. The zero-order valence-corrected chi connectivity index (χ0v) is 12.6. The molecule has 0 aliphatic heterocycles. The van der Waals surface area contributed by atoms with Crippen molar-refractivity contribution in [1.29, 1.82) is 0 Å². The van der Waals surface area contributed by atoms with Crippen LogP contribution in [0.3, 0.4) is 0 Å². The molecule has 0 heterocycles. The Hall–Kier alpha value is -1.32. The molecule has 100 valence electrons. The molecule has 0 unspecified atom stereocenters. The summed E-state index contributed by atoms with van der Waals surface area (Å²) in [6.45, 7) is 5.77. The monoisotopic (exact) mass is 294 g/mol. The van der Waals surface area contributed by atoms with E-state index in [-0.39, 0.29) is 4.90 Å². The van der Waals surface area contributed by atoms with E-state index in [9.17, 15) is 8.42 Å². The second-order valence-corrected chi connectivity index (χ2v) is 7.33. The number of rotatable bonds is 2. The van der Waals surface area contributed by atoms with E-state index >= 15 is 0 Å². The van der Waals surface area contributed by atoms with Crippen LogP contribution >= 0.6 is 10.7 Å². The van der Waals surface area contributed by atoms with E-state index in [2.05, 4.69) is 6.07 Å². The Kier molecular flexibility index (Phi) is 3.70. The molecule has 0 fully saturated rings. The molecule has 0 radical (unpaired) electrons. The number of aryl methyl sites for hydroxylation is 3. The number of hydrogen-bond donors (Lipinski definition) is 0. The van der Waals surface area contributed by atoms with E-state index in [1.54, 1.807) is 19.1 Å². The van der Waals surface area contributed by atoms with Gasteiger partial charge in [0.2, 0.25) is 0 Å². The van der Waals surface area contributed by atoms with Crippen molar-refractivity contribution in [1.82, 2.24) is 0 Å². The van der Waals surface area contributed by atoms with Crippen LogP contribution in [-0.4, -0.2) is 8.42 Å². The lowest BCUT2D eigenvalue weighted by Crippen LogP contribution is -1.95. The second kappa shape index (κ2) is 4.99. The van der Waals surface area contributed by atoms with Crippen LogP contribution in [0.1, 0.15) is 16.7 Å². The average Bonchev–Trinajstić information content (AvgIpc) is 2.26. The molecule has 19 heavy (non-hydrogen) atoms. The smallest absolute Gasteiger partial charge is 0.207 e. The van der Waals surface area contributed by atoms with Gasteiger partial charge in [-0.15, -0.1) is 0 Å². The van der Waals surface area contributed by atoms with Gasteiger partial charge in [0.1, 0.15) is 0 Å². The largest absolute Gasteiger partial charge is 0.261 e. The van der Waals surface area contributed by atoms with Crippen molar-refractivity contribution < 1.29 is 8.42 Å². The highest BCUT2D eigenvalue weighted by Crippen LogP contribution is 2.28. The summed E-state index contributed by atoms with van der Waals surface area (Å²) in [5.74, 6) is 0. The first-order chi connectivity index (χ1) is 8.77. The Morgan fingerprint density at radius 3 is 1.95 bits per heavy atom. The van der Waals surface area contributed by atoms with Crippen LogP contribution in [-0.2, 0) is 9.05 Å². The first-order valence-corrected chi connectivity index (χ1v) is 8.22. The Morgan fingerprint density at radius 2 is 1.42 bits per heavy atom. The highest BCUT2D eigenvalue weighted by Gasteiger charge is 2.14. The summed E-state index contributed by atoms with van der Waals surface area (Å²) < 4.78 is 23.1. The van der Waals surface area contributed by atoms with Crippen molar-refractivity contribution >= 4 is 19.7 Å². The fraction of sp³-hybridized carbons (Fsp3) is 0.200. The van der Waals surface area contributed by atoms with E-state index in [1.807, 2.05) is 32.0 Å². The first kappa shape index (κ1) is 14.1. The van der Waals surface area contributed by atoms with Crippen molar-refractivity contribution in [3.63, 3.8) is 0 Å². The molecule has 0 aromatic heterocycles. The Labute approximate surface area is 118 Å². The molecule has 2 rings (SSSR count).